The number of carbonyl (C=O) groups is 1. The molecule has 114 valence electrons. The fourth-order valence-electron chi connectivity index (χ4n) is 2.40. The number of nitro benzene ring substituents is 1. The zero-order chi connectivity index (χ0) is 15.4. The fourth-order valence-corrected chi connectivity index (χ4v) is 2.57. The minimum absolute atomic E-state index is 0.0845. The Hall–Kier alpha value is -1.86. The zero-order valence-corrected chi connectivity index (χ0v) is 12.4. The quantitative estimate of drug-likeness (QED) is 0.643. The number of nitrogens with zero attached hydrogens (tertiary/aromatic N) is 2. The molecule has 0 aliphatic carbocycles. The van der Waals surface area contributed by atoms with Gasteiger partial charge in [0.1, 0.15) is 11.7 Å². The molecular formula is C13H17ClN4O3. The van der Waals surface area contributed by atoms with Crippen molar-refractivity contribution in [2.75, 3.05) is 31.1 Å². The van der Waals surface area contributed by atoms with Crippen LogP contribution in [-0.4, -0.2) is 43.1 Å². The Morgan fingerprint density at radius 3 is 3.05 bits per heavy atom. The number of nitrogens with one attached hydrogen (secondary N) is 2. The predicted octanol–water partition coefficient (Wildman–Crippen LogP) is 1.16. The summed E-state index contributed by atoms with van der Waals surface area (Å²) >= 11 is 5.83. The highest BCUT2D eigenvalue weighted by Gasteiger charge is 2.32. The zero-order valence-electron chi connectivity index (χ0n) is 11.6. The summed E-state index contributed by atoms with van der Waals surface area (Å²) in [6.07, 6.45) is 0. The number of anilines is 1. The second-order valence-electron chi connectivity index (χ2n) is 4.70. The standard InChI is InChI=1S/C13H17ClN4O3/c1-2-16-13(19)12-8-15-5-6-17(12)10-4-3-9(14)7-11(10)18(20)21/h3-4,7,12,15H,2,5-6,8H2,1H3,(H,16,19). The molecule has 0 radical (unpaired) electrons. The van der Waals surface area contributed by atoms with Crippen molar-refractivity contribution < 1.29 is 9.72 Å². The minimum atomic E-state index is -0.474. The molecule has 0 spiro atoms. The van der Waals surface area contributed by atoms with E-state index >= 15 is 0 Å². The highest BCUT2D eigenvalue weighted by Crippen LogP contribution is 2.32. The van der Waals surface area contributed by atoms with E-state index < -0.39 is 11.0 Å². The van der Waals surface area contributed by atoms with Gasteiger partial charge in [-0.25, -0.2) is 0 Å². The van der Waals surface area contributed by atoms with Crippen LogP contribution in [0.2, 0.25) is 5.02 Å². The third-order valence-corrected chi connectivity index (χ3v) is 3.58. The first-order chi connectivity index (χ1) is 10.0. The lowest BCUT2D eigenvalue weighted by Gasteiger charge is -2.36. The Labute approximate surface area is 127 Å². The van der Waals surface area contributed by atoms with Gasteiger partial charge in [-0.05, 0) is 19.1 Å². The van der Waals surface area contributed by atoms with E-state index in [0.717, 1.165) is 0 Å². The van der Waals surface area contributed by atoms with Gasteiger partial charge in [-0.3, -0.25) is 14.9 Å². The lowest BCUT2D eigenvalue weighted by atomic mass is 10.1. The second-order valence-corrected chi connectivity index (χ2v) is 5.13. The van der Waals surface area contributed by atoms with Crippen LogP contribution in [0.15, 0.2) is 18.2 Å². The van der Waals surface area contributed by atoms with Gasteiger partial charge < -0.3 is 15.5 Å². The van der Waals surface area contributed by atoms with Gasteiger partial charge in [0, 0.05) is 37.3 Å². The Balaban J connectivity index is 2.37. The Kier molecular flexibility index (Phi) is 4.98. The summed E-state index contributed by atoms with van der Waals surface area (Å²) in [5.74, 6) is -0.144. The van der Waals surface area contributed by atoms with Crippen LogP contribution in [0.25, 0.3) is 0 Å². The van der Waals surface area contributed by atoms with Crippen molar-refractivity contribution in [2.45, 2.75) is 13.0 Å². The molecule has 0 bridgehead atoms. The molecule has 2 N–H and O–H groups in total. The van der Waals surface area contributed by atoms with Gasteiger partial charge in [0.25, 0.3) is 5.69 Å². The molecule has 7 nitrogen and oxygen atoms in total. The van der Waals surface area contributed by atoms with E-state index in [2.05, 4.69) is 10.6 Å². The van der Waals surface area contributed by atoms with Crippen molar-refractivity contribution in [3.8, 4) is 0 Å². The van der Waals surface area contributed by atoms with Crippen molar-refractivity contribution >= 4 is 28.9 Å². The van der Waals surface area contributed by atoms with Crippen molar-refractivity contribution in [3.05, 3.63) is 33.3 Å². The molecule has 1 aromatic rings. The monoisotopic (exact) mass is 312 g/mol. The van der Waals surface area contributed by atoms with Crippen LogP contribution in [0.5, 0.6) is 0 Å². The molecule has 2 rings (SSSR count). The molecule has 1 amide bonds. The van der Waals surface area contributed by atoms with Gasteiger partial charge in [0.2, 0.25) is 5.91 Å². The van der Waals surface area contributed by atoms with E-state index in [-0.39, 0.29) is 11.6 Å². The average Bonchev–Trinajstić information content (AvgIpc) is 2.47. The van der Waals surface area contributed by atoms with E-state index in [1.165, 1.54) is 6.07 Å². The van der Waals surface area contributed by atoms with Crippen molar-refractivity contribution in [3.63, 3.8) is 0 Å². The van der Waals surface area contributed by atoms with Gasteiger partial charge >= 0.3 is 0 Å². The van der Waals surface area contributed by atoms with Gasteiger partial charge in [-0.2, -0.15) is 0 Å². The number of piperazine rings is 1. The summed E-state index contributed by atoms with van der Waals surface area (Å²) in [5.41, 5.74) is 0.334. The Morgan fingerprint density at radius 1 is 1.62 bits per heavy atom. The molecule has 1 aliphatic rings. The summed E-state index contributed by atoms with van der Waals surface area (Å²) in [4.78, 5) is 24.6. The van der Waals surface area contributed by atoms with Gasteiger partial charge in [-0.1, -0.05) is 11.6 Å². The molecule has 1 saturated heterocycles. The maximum Gasteiger partial charge on any atom is 0.294 e. The normalized spacial score (nSPS) is 18.4. The molecule has 0 saturated carbocycles. The lowest BCUT2D eigenvalue weighted by molar-refractivity contribution is -0.384. The van der Waals surface area contributed by atoms with Gasteiger partial charge in [0.05, 0.1) is 4.92 Å². The first kappa shape index (κ1) is 15.5. The molecule has 8 heteroatoms. The van der Waals surface area contributed by atoms with Crippen LogP contribution in [0, 0.1) is 10.1 Å². The number of halogens is 1. The largest absolute Gasteiger partial charge is 0.355 e. The molecule has 1 heterocycles. The first-order valence-corrected chi connectivity index (χ1v) is 7.11. The first-order valence-electron chi connectivity index (χ1n) is 6.73. The number of rotatable bonds is 4. The van der Waals surface area contributed by atoms with E-state index in [4.69, 9.17) is 11.6 Å². The summed E-state index contributed by atoms with van der Waals surface area (Å²) in [6.45, 7) is 3.99. The lowest BCUT2D eigenvalue weighted by Crippen LogP contribution is -2.58. The third kappa shape index (κ3) is 3.43. The molecule has 0 aromatic heterocycles. The van der Waals surface area contributed by atoms with Crippen LogP contribution >= 0.6 is 11.6 Å². The van der Waals surface area contributed by atoms with Gasteiger partial charge in [-0.15, -0.1) is 0 Å². The number of hydrogen-bond donors (Lipinski definition) is 2. The highest BCUT2D eigenvalue weighted by molar-refractivity contribution is 6.30. The van der Waals surface area contributed by atoms with E-state index in [1.807, 2.05) is 6.92 Å². The second kappa shape index (κ2) is 6.73. The summed E-state index contributed by atoms with van der Waals surface area (Å²) in [5, 5.41) is 17.4. The van der Waals surface area contributed by atoms with Crippen LogP contribution < -0.4 is 15.5 Å². The molecule has 1 aliphatic heterocycles. The van der Waals surface area contributed by atoms with Crippen LogP contribution in [-0.2, 0) is 4.79 Å². The smallest absolute Gasteiger partial charge is 0.294 e. The highest BCUT2D eigenvalue weighted by atomic mass is 35.5. The minimum Gasteiger partial charge on any atom is -0.355 e. The summed E-state index contributed by atoms with van der Waals surface area (Å²) < 4.78 is 0. The van der Waals surface area contributed by atoms with Gasteiger partial charge in [0.15, 0.2) is 0 Å². The number of carbonyl (C=O) groups excluding carboxylic acids is 1. The molecule has 1 unspecified atom stereocenters. The Bertz CT molecular complexity index is 552. The molecular weight excluding hydrogens is 296 g/mol. The number of hydrogen-bond acceptors (Lipinski definition) is 5. The SMILES string of the molecule is CCNC(=O)C1CNCCN1c1ccc(Cl)cc1[N+](=O)[O-]. The van der Waals surface area contributed by atoms with Crippen LogP contribution in [0.1, 0.15) is 6.92 Å². The maximum absolute atomic E-state index is 12.1. The number of amides is 1. The molecule has 1 fully saturated rings. The number of nitro groups is 1. The topological polar surface area (TPSA) is 87.5 Å². The van der Waals surface area contributed by atoms with Crippen molar-refractivity contribution in [1.29, 1.82) is 0 Å². The Morgan fingerprint density at radius 2 is 2.38 bits per heavy atom. The maximum atomic E-state index is 12.1. The fraction of sp³-hybridized carbons (Fsp3) is 0.462. The van der Waals surface area contributed by atoms with E-state index in [1.54, 1.807) is 17.0 Å². The van der Waals surface area contributed by atoms with E-state index in [0.29, 0.717) is 36.9 Å². The summed E-state index contributed by atoms with van der Waals surface area (Å²) in [6, 6.07) is 4.03. The molecule has 21 heavy (non-hydrogen) atoms. The average molecular weight is 313 g/mol. The molecule has 1 aromatic carbocycles. The molecule has 1 atom stereocenters. The summed E-state index contributed by atoms with van der Waals surface area (Å²) in [7, 11) is 0. The van der Waals surface area contributed by atoms with E-state index in [9.17, 15) is 14.9 Å². The number of likely N-dealkylation sites (N-methyl/N-ethyl adjacent to an activating group) is 1. The predicted molar refractivity (Wildman–Crippen MR) is 80.8 cm³/mol. The van der Waals surface area contributed by atoms with Crippen LogP contribution in [0.3, 0.4) is 0 Å². The van der Waals surface area contributed by atoms with Crippen molar-refractivity contribution in [2.24, 2.45) is 0 Å². The number of benzene rings is 1. The van der Waals surface area contributed by atoms with Crippen molar-refractivity contribution in [1.82, 2.24) is 10.6 Å². The third-order valence-electron chi connectivity index (χ3n) is 3.34. The van der Waals surface area contributed by atoms with Crippen LogP contribution in [0.4, 0.5) is 11.4 Å².